The zero-order chi connectivity index (χ0) is 23.7. The van der Waals surface area contributed by atoms with E-state index in [4.69, 9.17) is 23.7 Å². The Hall–Kier alpha value is -4.08. The molecule has 0 radical (unpaired) electrons. The van der Waals surface area contributed by atoms with E-state index in [0.29, 0.717) is 45.6 Å². The highest BCUT2D eigenvalue weighted by Crippen LogP contribution is 2.44. The Morgan fingerprint density at radius 3 is 2.42 bits per heavy atom. The van der Waals surface area contributed by atoms with E-state index in [0.717, 1.165) is 5.39 Å². The summed E-state index contributed by atoms with van der Waals surface area (Å²) >= 11 is 0. The Kier molecular flexibility index (Phi) is 5.91. The SMILES string of the molecule is COc1cc2cc(C(=O)N[C@H](C)C(=O)Nc3ccc4c(c3)OCO4)n(C)c2c(OC)c1OC. The summed E-state index contributed by atoms with van der Waals surface area (Å²) in [5, 5.41) is 6.23. The molecule has 0 saturated heterocycles. The third-order valence-corrected chi connectivity index (χ3v) is 5.44. The van der Waals surface area contributed by atoms with Crippen LogP contribution in [0.25, 0.3) is 10.9 Å². The molecule has 2 amide bonds. The Balaban J connectivity index is 1.54. The van der Waals surface area contributed by atoms with Gasteiger partial charge in [-0.1, -0.05) is 0 Å². The van der Waals surface area contributed by atoms with Crippen molar-refractivity contribution in [3.05, 3.63) is 36.0 Å². The smallest absolute Gasteiger partial charge is 0.268 e. The summed E-state index contributed by atoms with van der Waals surface area (Å²) in [6.07, 6.45) is 0. The highest BCUT2D eigenvalue weighted by molar-refractivity contribution is 6.04. The van der Waals surface area contributed by atoms with Crippen LogP contribution < -0.4 is 34.3 Å². The van der Waals surface area contributed by atoms with Crippen molar-refractivity contribution in [3.63, 3.8) is 0 Å². The minimum atomic E-state index is -0.799. The van der Waals surface area contributed by atoms with E-state index in [1.807, 2.05) is 0 Å². The van der Waals surface area contributed by atoms with Gasteiger partial charge in [-0.2, -0.15) is 0 Å². The number of carbonyl (C=O) groups excluding carboxylic acids is 2. The topological polar surface area (TPSA) is 109 Å². The van der Waals surface area contributed by atoms with Crippen LogP contribution in [-0.2, 0) is 11.8 Å². The van der Waals surface area contributed by atoms with Crippen molar-refractivity contribution in [1.29, 1.82) is 0 Å². The van der Waals surface area contributed by atoms with E-state index < -0.39 is 11.9 Å². The maximum atomic E-state index is 13.0. The number of benzene rings is 2. The maximum absolute atomic E-state index is 13.0. The van der Waals surface area contributed by atoms with Crippen molar-refractivity contribution in [2.75, 3.05) is 33.4 Å². The van der Waals surface area contributed by atoms with Gasteiger partial charge < -0.3 is 38.9 Å². The molecule has 4 rings (SSSR count). The number of carbonyl (C=O) groups is 2. The molecule has 1 aliphatic rings. The first-order valence-corrected chi connectivity index (χ1v) is 10.2. The molecule has 1 aliphatic heterocycles. The predicted octanol–water partition coefficient (Wildman–Crippen LogP) is 2.69. The summed E-state index contributed by atoms with van der Waals surface area (Å²) in [6.45, 7) is 1.75. The van der Waals surface area contributed by atoms with Crippen molar-refractivity contribution < 1.29 is 33.3 Å². The first-order chi connectivity index (χ1) is 15.9. The molecule has 10 heteroatoms. The summed E-state index contributed by atoms with van der Waals surface area (Å²) in [4.78, 5) is 25.7. The second kappa shape index (κ2) is 8.81. The fourth-order valence-corrected chi connectivity index (χ4v) is 3.76. The van der Waals surface area contributed by atoms with Crippen LogP contribution in [-0.4, -0.2) is 50.5 Å². The molecular weight excluding hydrogens is 430 g/mol. The average molecular weight is 455 g/mol. The molecule has 174 valence electrons. The van der Waals surface area contributed by atoms with E-state index in [1.54, 1.807) is 48.9 Å². The van der Waals surface area contributed by atoms with Gasteiger partial charge in [0.05, 0.1) is 26.8 Å². The molecule has 0 bridgehead atoms. The third-order valence-electron chi connectivity index (χ3n) is 5.44. The summed E-state index contributed by atoms with van der Waals surface area (Å²) in [5.74, 6) is 1.74. The average Bonchev–Trinajstić information content (AvgIpc) is 3.41. The van der Waals surface area contributed by atoms with Crippen LogP contribution in [0.3, 0.4) is 0 Å². The van der Waals surface area contributed by atoms with Crippen LogP contribution in [0.15, 0.2) is 30.3 Å². The lowest BCUT2D eigenvalue weighted by atomic mass is 10.2. The van der Waals surface area contributed by atoms with Gasteiger partial charge >= 0.3 is 0 Å². The number of aromatic nitrogens is 1. The molecular formula is C23H25N3O7. The fraction of sp³-hybridized carbons (Fsp3) is 0.304. The number of hydrogen-bond acceptors (Lipinski definition) is 7. The monoisotopic (exact) mass is 455 g/mol. The van der Waals surface area contributed by atoms with Crippen LogP contribution in [0.1, 0.15) is 17.4 Å². The Morgan fingerprint density at radius 2 is 1.73 bits per heavy atom. The van der Waals surface area contributed by atoms with Gasteiger partial charge in [0, 0.05) is 24.2 Å². The van der Waals surface area contributed by atoms with Gasteiger partial charge in [-0.25, -0.2) is 0 Å². The number of nitrogens with one attached hydrogen (secondary N) is 2. The second-order valence-electron chi connectivity index (χ2n) is 7.42. The third kappa shape index (κ3) is 3.95. The van der Waals surface area contributed by atoms with Crippen molar-refractivity contribution in [3.8, 4) is 28.7 Å². The van der Waals surface area contributed by atoms with Crippen LogP contribution in [0.4, 0.5) is 5.69 Å². The summed E-state index contributed by atoms with van der Waals surface area (Å²) in [7, 11) is 6.30. The number of nitrogens with zero attached hydrogens (tertiary/aromatic N) is 1. The van der Waals surface area contributed by atoms with Gasteiger partial charge in [0.2, 0.25) is 18.4 Å². The van der Waals surface area contributed by atoms with E-state index in [9.17, 15) is 9.59 Å². The van der Waals surface area contributed by atoms with Crippen molar-refractivity contribution in [2.24, 2.45) is 7.05 Å². The molecule has 0 aliphatic carbocycles. The van der Waals surface area contributed by atoms with E-state index in [2.05, 4.69) is 10.6 Å². The van der Waals surface area contributed by atoms with Gasteiger partial charge in [-0.15, -0.1) is 0 Å². The van der Waals surface area contributed by atoms with Crippen LogP contribution in [0.5, 0.6) is 28.7 Å². The van der Waals surface area contributed by atoms with Gasteiger partial charge in [0.25, 0.3) is 5.91 Å². The van der Waals surface area contributed by atoms with Crippen LogP contribution in [0.2, 0.25) is 0 Å². The Morgan fingerprint density at radius 1 is 1.00 bits per heavy atom. The first kappa shape index (κ1) is 22.1. The van der Waals surface area contributed by atoms with Crippen molar-refractivity contribution >= 4 is 28.4 Å². The Bertz CT molecular complexity index is 1230. The molecule has 1 atom stereocenters. The predicted molar refractivity (Wildman–Crippen MR) is 121 cm³/mol. The molecule has 0 unspecified atom stereocenters. The lowest BCUT2D eigenvalue weighted by molar-refractivity contribution is -0.117. The highest BCUT2D eigenvalue weighted by Gasteiger charge is 2.24. The van der Waals surface area contributed by atoms with Gasteiger partial charge in [-0.3, -0.25) is 9.59 Å². The normalized spacial score (nSPS) is 12.9. The summed E-state index contributed by atoms with van der Waals surface area (Å²) in [6, 6.07) is 7.77. The number of amides is 2. The minimum absolute atomic E-state index is 0.146. The minimum Gasteiger partial charge on any atom is -0.493 e. The van der Waals surface area contributed by atoms with E-state index in [1.165, 1.54) is 21.3 Å². The number of ether oxygens (including phenoxy) is 5. The molecule has 0 saturated carbocycles. The maximum Gasteiger partial charge on any atom is 0.268 e. The van der Waals surface area contributed by atoms with Crippen LogP contribution >= 0.6 is 0 Å². The molecule has 0 fully saturated rings. The molecule has 2 aromatic carbocycles. The molecule has 10 nitrogen and oxygen atoms in total. The number of rotatable bonds is 7. The van der Waals surface area contributed by atoms with Gasteiger partial charge in [0.15, 0.2) is 23.0 Å². The van der Waals surface area contributed by atoms with E-state index >= 15 is 0 Å². The lowest BCUT2D eigenvalue weighted by Crippen LogP contribution is -2.42. The molecule has 3 aromatic rings. The second-order valence-corrected chi connectivity index (χ2v) is 7.42. The van der Waals surface area contributed by atoms with Crippen LogP contribution in [0, 0.1) is 0 Å². The molecule has 2 N–H and O–H groups in total. The molecule has 0 spiro atoms. The molecule has 1 aromatic heterocycles. The summed E-state index contributed by atoms with van der Waals surface area (Å²) < 4.78 is 28.7. The lowest BCUT2D eigenvalue weighted by Gasteiger charge is -2.16. The Labute approximate surface area is 190 Å². The van der Waals surface area contributed by atoms with Crippen molar-refractivity contribution in [2.45, 2.75) is 13.0 Å². The first-order valence-electron chi connectivity index (χ1n) is 10.2. The number of fused-ring (bicyclic) bond motifs is 2. The molecule has 33 heavy (non-hydrogen) atoms. The number of methoxy groups -OCH3 is 3. The standard InChI is InChI=1S/C23H25N3O7/c1-12(22(27)25-14-6-7-16-17(10-14)33-11-32-16)24-23(28)15-8-13-9-18(29-3)20(30-4)21(31-5)19(13)26(15)2/h6-10,12H,11H2,1-5H3,(H,24,28)(H,25,27)/t12-/m1/s1. The zero-order valence-electron chi connectivity index (χ0n) is 19.0. The van der Waals surface area contributed by atoms with E-state index in [-0.39, 0.29) is 12.7 Å². The number of hydrogen-bond donors (Lipinski definition) is 2. The molecule has 2 heterocycles. The quantitative estimate of drug-likeness (QED) is 0.564. The highest BCUT2D eigenvalue weighted by atomic mass is 16.7. The number of aryl methyl sites for hydroxylation is 1. The van der Waals surface area contributed by atoms with Gasteiger partial charge in [0.1, 0.15) is 11.7 Å². The zero-order valence-corrected chi connectivity index (χ0v) is 19.0. The fourth-order valence-electron chi connectivity index (χ4n) is 3.76. The van der Waals surface area contributed by atoms with Gasteiger partial charge in [-0.05, 0) is 31.2 Å². The number of anilines is 1. The van der Waals surface area contributed by atoms with Crippen molar-refractivity contribution in [1.82, 2.24) is 9.88 Å². The summed E-state index contributed by atoms with van der Waals surface area (Å²) in [5.41, 5.74) is 1.55. The largest absolute Gasteiger partial charge is 0.493 e.